The summed E-state index contributed by atoms with van der Waals surface area (Å²) in [5.74, 6) is 0.672. The van der Waals surface area contributed by atoms with Gasteiger partial charge < -0.3 is 5.32 Å². The van der Waals surface area contributed by atoms with Crippen LogP contribution < -0.4 is 5.32 Å². The van der Waals surface area contributed by atoms with Crippen LogP contribution >= 0.6 is 0 Å². The Bertz CT molecular complexity index is 468. The van der Waals surface area contributed by atoms with Gasteiger partial charge in [-0.2, -0.15) is 0 Å². The van der Waals surface area contributed by atoms with Crippen LogP contribution in [-0.2, 0) is 0 Å². The molecule has 1 saturated heterocycles. The second-order valence-corrected chi connectivity index (χ2v) is 7.31. The molecule has 2 rings (SSSR count). The van der Waals surface area contributed by atoms with Crippen molar-refractivity contribution in [1.29, 1.82) is 0 Å². The van der Waals surface area contributed by atoms with Gasteiger partial charge in [0.05, 0.1) is 0 Å². The van der Waals surface area contributed by atoms with Crippen LogP contribution in [0.25, 0.3) is 0 Å². The van der Waals surface area contributed by atoms with Gasteiger partial charge >= 0.3 is 0 Å². The Hall–Kier alpha value is -0.860. The molecule has 0 radical (unpaired) electrons. The second-order valence-electron chi connectivity index (χ2n) is 7.31. The van der Waals surface area contributed by atoms with Crippen molar-refractivity contribution in [2.75, 3.05) is 13.1 Å². The SMILES string of the molecule is CCC1(C)CN(C(C)c2ccccc2C)C(C(C)C)CN1. The van der Waals surface area contributed by atoms with Gasteiger partial charge in [-0.05, 0) is 44.2 Å². The molecule has 21 heavy (non-hydrogen) atoms. The highest BCUT2D eigenvalue weighted by Crippen LogP contribution is 2.32. The minimum Gasteiger partial charge on any atom is -0.309 e. The first-order chi connectivity index (χ1) is 9.88. The van der Waals surface area contributed by atoms with E-state index < -0.39 is 0 Å². The van der Waals surface area contributed by atoms with Crippen LogP contribution in [-0.4, -0.2) is 29.6 Å². The molecule has 1 N–H and O–H groups in total. The van der Waals surface area contributed by atoms with Gasteiger partial charge in [-0.3, -0.25) is 4.90 Å². The molecule has 3 atom stereocenters. The minimum atomic E-state index is 0.238. The average molecular weight is 288 g/mol. The van der Waals surface area contributed by atoms with E-state index >= 15 is 0 Å². The lowest BCUT2D eigenvalue weighted by Crippen LogP contribution is -2.64. The molecule has 3 unspecified atom stereocenters. The van der Waals surface area contributed by atoms with Crippen LogP contribution in [0.2, 0.25) is 0 Å². The highest BCUT2D eigenvalue weighted by molar-refractivity contribution is 5.28. The topological polar surface area (TPSA) is 15.3 Å². The first kappa shape index (κ1) is 16.5. The van der Waals surface area contributed by atoms with Crippen molar-refractivity contribution in [2.24, 2.45) is 5.92 Å². The fourth-order valence-electron chi connectivity index (χ4n) is 3.56. The molecule has 1 heterocycles. The maximum Gasteiger partial charge on any atom is 0.0326 e. The lowest BCUT2D eigenvalue weighted by molar-refractivity contribution is 0.0293. The predicted octanol–water partition coefficient (Wildman–Crippen LogP) is 4.15. The third-order valence-corrected chi connectivity index (χ3v) is 5.38. The molecule has 2 nitrogen and oxygen atoms in total. The van der Waals surface area contributed by atoms with Crippen LogP contribution in [0.1, 0.15) is 58.2 Å². The van der Waals surface area contributed by atoms with Gasteiger partial charge in [-0.1, -0.05) is 45.0 Å². The third kappa shape index (κ3) is 3.49. The number of hydrogen-bond acceptors (Lipinski definition) is 2. The van der Waals surface area contributed by atoms with E-state index in [9.17, 15) is 0 Å². The molecule has 0 saturated carbocycles. The molecule has 1 aliphatic heterocycles. The molecule has 0 amide bonds. The Balaban J connectivity index is 2.29. The summed E-state index contributed by atoms with van der Waals surface area (Å²) >= 11 is 0. The number of nitrogens with one attached hydrogen (secondary N) is 1. The molecule has 0 spiro atoms. The first-order valence-corrected chi connectivity index (χ1v) is 8.44. The van der Waals surface area contributed by atoms with E-state index in [-0.39, 0.29) is 5.54 Å². The van der Waals surface area contributed by atoms with Crippen LogP contribution in [0.15, 0.2) is 24.3 Å². The normalized spacial score (nSPS) is 28.8. The zero-order valence-electron chi connectivity index (χ0n) is 14.6. The lowest BCUT2D eigenvalue weighted by Gasteiger charge is -2.50. The Kier molecular flexibility index (Phi) is 5.11. The standard InChI is InChI=1S/C19H32N2/c1-7-19(6)13-21(18(12-20-19)14(2)3)16(5)17-11-9-8-10-15(17)4/h8-11,14,16,18,20H,7,12-13H2,1-6H3. The van der Waals surface area contributed by atoms with Crippen LogP contribution in [0, 0.1) is 12.8 Å². The van der Waals surface area contributed by atoms with Gasteiger partial charge in [0.2, 0.25) is 0 Å². The fourth-order valence-corrected chi connectivity index (χ4v) is 3.56. The summed E-state index contributed by atoms with van der Waals surface area (Å²) in [6.07, 6.45) is 1.18. The summed E-state index contributed by atoms with van der Waals surface area (Å²) in [7, 11) is 0. The Labute approximate surface area is 130 Å². The molecule has 0 aromatic heterocycles. The molecule has 1 aromatic rings. The number of benzene rings is 1. The highest BCUT2D eigenvalue weighted by atomic mass is 15.3. The van der Waals surface area contributed by atoms with E-state index in [0.717, 1.165) is 13.1 Å². The average Bonchev–Trinajstić information content (AvgIpc) is 2.46. The van der Waals surface area contributed by atoms with Gasteiger partial charge in [0.15, 0.2) is 0 Å². The fraction of sp³-hybridized carbons (Fsp3) is 0.684. The molecule has 0 aliphatic carbocycles. The molecule has 0 bridgehead atoms. The zero-order valence-corrected chi connectivity index (χ0v) is 14.6. The van der Waals surface area contributed by atoms with Crippen molar-refractivity contribution in [2.45, 2.75) is 65.6 Å². The summed E-state index contributed by atoms with van der Waals surface area (Å²) < 4.78 is 0. The molecular formula is C19H32N2. The van der Waals surface area contributed by atoms with Crippen molar-refractivity contribution >= 4 is 0 Å². The van der Waals surface area contributed by atoms with Gasteiger partial charge in [-0.25, -0.2) is 0 Å². The van der Waals surface area contributed by atoms with E-state index in [1.54, 1.807) is 0 Å². The van der Waals surface area contributed by atoms with Crippen molar-refractivity contribution in [3.8, 4) is 0 Å². The number of aryl methyl sites for hydroxylation is 1. The monoisotopic (exact) mass is 288 g/mol. The quantitative estimate of drug-likeness (QED) is 0.895. The van der Waals surface area contributed by atoms with Gasteiger partial charge in [0.25, 0.3) is 0 Å². The van der Waals surface area contributed by atoms with Crippen LogP contribution in [0.5, 0.6) is 0 Å². The summed E-state index contributed by atoms with van der Waals surface area (Å²) in [5.41, 5.74) is 3.12. The number of rotatable bonds is 4. The smallest absolute Gasteiger partial charge is 0.0326 e. The highest BCUT2D eigenvalue weighted by Gasteiger charge is 2.38. The first-order valence-electron chi connectivity index (χ1n) is 8.44. The number of piperazine rings is 1. The van der Waals surface area contributed by atoms with Gasteiger partial charge in [-0.15, -0.1) is 0 Å². The summed E-state index contributed by atoms with van der Waals surface area (Å²) in [4.78, 5) is 2.73. The van der Waals surface area contributed by atoms with E-state index in [0.29, 0.717) is 18.0 Å². The van der Waals surface area contributed by atoms with Gasteiger partial charge in [0.1, 0.15) is 0 Å². The summed E-state index contributed by atoms with van der Waals surface area (Å²) in [6.45, 7) is 16.2. The lowest BCUT2D eigenvalue weighted by atomic mass is 9.87. The maximum atomic E-state index is 3.79. The Morgan fingerprint density at radius 1 is 1.29 bits per heavy atom. The van der Waals surface area contributed by atoms with E-state index in [1.807, 2.05) is 0 Å². The summed E-state index contributed by atoms with van der Waals surface area (Å²) in [6, 6.07) is 9.93. The Morgan fingerprint density at radius 2 is 1.95 bits per heavy atom. The van der Waals surface area contributed by atoms with E-state index in [1.165, 1.54) is 17.5 Å². The van der Waals surface area contributed by atoms with Crippen LogP contribution in [0.4, 0.5) is 0 Å². The maximum absolute atomic E-state index is 3.79. The predicted molar refractivity (Wildman–Crippen MR) is 91.6 cm³/mol. The molecule has 1 aromatic carbocycles. The van der Waals surface area contributed by atoms with Crippen molar-refractivity contribution < 1.29 is 0 Å². The number of hydrogen-bond donors (Lipinski definition) is 1. The Morgan fingerprint density at radius 3 is 2.52 bits per heavy atom. The number of nitrogens with zero attached hydrogens (tertiary/aromatic N) is 1. The zero-order chi connectivity index (χ0) is 15.6. The molecule has 2 heteroatoms. The summed E-state index contributed by atoms with van der Waals surface area (Å²) in [5, 5.41) is 3.79. The third-order valence-electron chi connectivity index (χ3n) is 5.38. The molecular weight excluding hydrogens is 256 g/mol. The van der Waals surface area contributed by atoms with Crippen molar-refractivity contribution in [3.05, 3.63) is 35.4 Å². The molecule has 1 aliphatic rings. The largest absolute Gasteiger partial charge is 0.309 e. The van der Waals surface area contributed by atoms with Crippen molar-refractivity contribution in [3.63, 3.8) is 0 Å². The second kappa shape index (κ2) is 6.50. The minimum absolute atomic E-state index is 0.238. The van der Waals surface area contributed by atoms with Crippen molar-refractivity contribution in [1.82, 2.24) is 10.2 Å². The molecule has 1 fully saturated rings. The molecule has 118 valence electrons. The van der Waals surface area contributed by atoms with E-state index in [4.69, 9.17) is 0 Å². The van der Waals surface area contributed by atoms with Gasteiger partial charge in [0, 0.05) is 30.7 Å². The van der Waals surface area contributed by atoms with Crippen LogP contribution in [0.3, 0.4) is 0 Å². The van der Waals surface area contributed by atoms with E-state index in [2.05, 4.69) is 76.0 Å².